The number of benzene rings is 2. The van der Waals surface area contributed by atoms with E-state index in [1.165, 1.54) is 6.26 Å². The number of aromatic nitrogens is 2. The molecule has 1 aliphatic heterocycles. The van der Waals surface area contributed by atoms with Crippen LogP contribution in [0.15, 0.2) is 36.4 Å². The fourth-order valence-electron chi connectivity index (χ4n) is 3.54. The lowest BCUT2D eigenvalue weighted by molar-refractivity contribution is 0.607. The van der Waals surface area contributed by atoms with Gasteiger partial charge in [0.05, 0.1) is 28.8 Å². The van der Waals surface area contributed by atoms with Gasteiger partial charge < -0.3 is 10.6 Å². The molecule has 1 saturated heterocycles. The highest BCUT2D eigenvalue weighted by molar-refractivity contribution is 7.92. The van der Waals surface area contributed by atoms with Crippen LogP contribution in [-0.4, -0.2) is 38.0 Å². The second kappa shape index (κ2) is 7.20. The summed E-state index contributed by atoms with van der Waals surface area (Å²) >= 11 is 0. The van der Waals surface area contributed by atoms with Crippen molar-refractivity contribution in [3.8, 4) is 0 Å². The summed E-state index contributed by atoms with van der Waals surface area (Å²) in [6, 6.07) is 11.4. The maximum atomic E-state index is 11.9. The number of hydrogen-bond donors (Lipinski definition) is 3. The molecule has 8 heteroatoms. The van der Waals surface area contributed by atoms with Crippen LogP contribution in [0, 0.1) is 0 Å². The number of nitrogens with zero attached hydrogens (tertiary/aromatic N) is 2. The zero-order valence-electron chi connectivity index (χ0n) is 15.6. The largest absolute Gasteiger partial charge is 0.399 e. The highest BCUT2D eigenvalue weighted by Gasteiger charge is 2.19. The molecule has 0 spiro atoms. The second-order valence-electron chi connectivity index (χ2n) is 7.10. The number of nitrogens with two attached hydrogens (primary N) is 1. The van der Waals surface area contributed by atoms with Gasteiger partial charge in [0.15, 0.2) is 0 Å². The predicted molar refractivity (Wildman–Crippen MR) is 116 cm³/mol. The molecule has 0 saturated carbocycles. The summed E-state index contributed by atoms with van der Waals surface area (Å²) in [5.41, 5.74) is 10.6. The zero-order valence-corrected chi connectivity index (χ0v) is 16.5. The molecule has 0 bridgehead atoms. The maximum absolute atomic E-state index is 11.9. The monoisotopic (exact) mass is 397 g/mol. The van der Waals surface area contributed by atoms with E-state index in [9.17, 15) is 8.42 Å². The summed E-state index contributed by atoms with van der Waals surface area (Å²) in [5.74, 6) is 0. The van der Waals surface area contributed by atoms with Crippen LogP contribution in [0.3, 0.4) is 0 Å². The molecule has 1 aliphatic rings. The number of anilines is 3. The van der Waals surface area contributed by atoms with Crippen molar-refractivity contribution in [3.05, 3.63) is 47.7 Å². The van der Waals surface area contributed by atoms with Crippen molar-refractivity contribution in [3.63, 3.8) is 0 Å². The lowest BCUT2D eigenvalue weighted by atomic mass is 10.1. The molecule has 1 fully saturated rings. The minimum Gasteiger partial charge on any atom is -0.399 e. The van der Waals surface area contributed by atoms with E-state index in [-0.39, 0.29) is 0 Å². The molecule has 0 aliphatic carbocycles. The fourth-order valence-corrected chi connectivity index (χ4v) is 4.10. The van der Waals surface area contributed by atoms with Crippen molar-refractivity contribution < 1.29 is 8.42 Å². The van der Waals surface area contributed by atoms with Crippen molar-refractivity contribution in [1.29, 1.82) is 0 Å². The summed E-state index contributed by atoms with van der Waals surface area (Å²) < 4.78 is 26.4. The highest BCUT2D eigenvalue weighted by atomic mass is 32.2. The van der Waals surface area contributed by atoms with Gasteiger partial charge in [0.1, 0.15) is 0 Å². The molecular formula is C20H23N5O2S. The molecule has 0 unspecified atom stereocenters. The molecule has 0 radical (unpaired) electrons. The minimum absolute atomic E-state index is 0.580. The van der Waals surface area contributed by atoms with Gasteiger partial charge in [-0.15, -0.1) is 0 Å². The molecule has 0 atom stereocenters. The van der Waals surface area contributed by atoms with Crippen LogP contribution in [0.4, 0.5) is 17.1 Å². The summed E-state index contributed by atoms with van der Waals surface area (Å²) in [4.78, 5) is 2.20. The zero-order chi connectivity index (χ0) is 19.7. The van der Waals surface area contributed by atoms with Crippen LogP contribution in [-0.2, 0) is 10.0 Å². The highest BCUT2D eigenvalue weighted by Crippen LogP contribution is 2.34. The van der Waals surface area contributed by atoms with Gasteiger partial charge in [-0.1, -0.05) is 18.2 Å². The van der Waals surface area contributed by atoms with Crippen molar-refractivity contribution in [1.82, 2.24) is 10.2 Å². The topological polar surface area (TPSA) is 104 Å². The van der Waals surface area contributed by atoms with Gasteiger partial charge in [0.2, 0.25) is 10.0 Å². The van der Waals surface area contributed by atoms with Crippen molar-refractivity contribution in [2.45, 2.75) is 12.8 Å². The molecule has 0 amide bonds. The number of H-pyrrole nitrogens is 1. The maximum Gasteiger partial charge on any atom is 0.229 e. The number of sulfonamides is 1. The Morgan fingerprint density at radius 3 is 2.68 bits per heavy atom. The first-order chi connectivity index (χ1) is 13.4. The Labute approximate surface area is 164 Å². The molecule has 146 valence electrons. The number of nitrogens with one attached hydrogen (secondary N) is 2. The Kier molecular flexibility index (Phi) is 4.72. The molecule has 3 aromatic rings. The lowest BCUT2D eigenvalue weighted by Gasteiger charge is -2.21. The lowest BCUT2D eigenvalue weighted by Crippen LogP contribution is -2.20. The molecule has 4 rings (SSSR count). The average Bonchev–Trinajstić information content (AvgIpc) is 3.28. The van der Waals surface area contributed by atoms with Crippen molar-refractivity contribution in [2.75, 3.05) is 34.7 Å². The van der Waals surface area contributed by atoms with Crippen LogP contribution in [0.25, 0.3) is 23.1 Å². The Bertz CT molecular complexity index is 1140. The van der Waals surface area contributed by atoms with Crippen LogP contribution < -0.4 is 15.4 Å². The predicted octanol–water partition coefficient (Wildman–Crippen LogP) is 3.29. The average molecular weight is 398 g/mol. The number of hydrogen-bond acceptors (Lipinski definition) is 5. The van der Waals surface area contributed by atoms with E-state index in [4.69, 9.17) is 5.73 Å². The molecule has 1 aromatic heterocycles. The smallest absolute Gasteiger partial charge is 0.229 e. The number of fused-ring (bicyclic) bond motifs is 1. The van der Waals surface area contributed by atoms with Gasteiger partial charge in [-0.3, -0.25) is 9.82 Å². The molecule has 2 aromatic carbocycles. The van der Waals surface area contributed by atoms with E-state index < -0.39 is 10.0 Å². The van der Waals surface area contributed by atoms with E-state index in [0.29, 0.717) is 11.4 Å². The van der Waals surface area contributed by atoms with Crippen LogP contribution >= 0.6 is 0 Å². The van der Waals surface area contributed by atoms with Gasteiger partial charge in [-0.2, -0.15) is 5.10 Å². The molecule has 7 nitrogen and oxygen atoms in total. The van der Waals surface area contributed by atoms with Crippen LogP contribution in [0.5, 0.6) is 0 Å². The van der Waals surface area contributed by atoms with Crippen molar-refractivity contribution >= 4 is 50.1 Å². The molecular weight excluding hydrogens is 374 g/mol. The van der Waals surface area contributed by atoms with Crippen LogP contribution in [0.2, 0.25) is 0 Å². The normalized spacial score (nSPS) is 15.0. The number of nitrogen functional groups attached to an aromatic ring is 1. The summed E-state index contributed by atoms with van der Waals surface area (Å²) in [6.07, 6.45) is 7.21. The Hall–Kier alpha value is -3.00. The van der Waals surface area contributed by atoms with Crippen molar-refractivity contribution in [2.24, 2.45) is 0 Å². The first-order valence-electron chi connectivity index (χ1n) is 9.17. The minimum atomic E-state index is -3.39. The third-order valence-electron chi connectivity index (χ3n) is 4.80. The van der Waals surface area contributed by atoms with E-state index in [0.717, 1.165) is 53.8 Å². The van der Waals surface area contributed by atoms with E-state index in [1.807, 2.05) is 48.6 Å². The van der Waals surface area contributed by atoms with E-state index >= 15 is 0 Å². The van der Waals surface area contributed by atoms with Crippen LogP contribution in [0.1, 0.15) is 24.1 Å². The Morgan fingerprint density at radius 2 is 1.96 bits per heavy atom. The summed E-state index contributed by atoms with van der Waals surface area (Å²) in [5, 5.41) is 8.32. The van der Waals surface area contributed by atoms with Gasteiger partial charge >= 0.3 is 0 Å². The Balaban J connectivity index is 1.76. The molecule has 28 heavy (non-hydrogen) atoms. The summed E-state index contributed by atoms with van der Waals surface area (Å²) in [6.45, 7) is 1.83. The molecule has 4 N–H and O–H groups in total. The summed E-state index contributed by atoms with van der Waals surface area (Å²) in [7, 11) is -3.39. The first-order valence-corrected chi connectivity index (χ1v) is 11.1. The quantitative estimate of drug-likeness (QED) is 0.573. The third kappa shape index (κ3) is 3.96. The Morgan fingerprint density at radius 1 is 1.18 bits per heavy atom. The van der Waals surface area contributed by atoms with E-state index in [2.05, 4.69) is 19.8 Å². The fraction of sp³-hybridized carbons (Fsp3) is 0.250. The van der Waals surface area contributed by atoms with Gasteiger partial charge in [-0.05, 0) is 48.7 Å². The van der Waals surface area contributed by atoms with E-state index in [1.54, 1.807) is 0 Å². The molecule has 2 heterocycles. The number of aromatic amines is 1. The third-order valence-corrected chi connectivity index (χ3v) is 5.39. The SMILES string of the molecule is CS(=O)(=O)Nc1cc2c(/C=C/c3cccc(N)c3)n[nH]c2cc1N1CCCC1. The standard InChI is InChI=1S/C20H23N5O2S/c1-28(26,27)24-19-12-16-17(8-7-14-5-4-6-15(21)11-14)22-23-18(16)13-20(19)25-9-2-3-10-25/h4-8,11-13,24H,2-3,9-10,21H2,1H3,(H,22,23)/b8-7+. The van der Waals surface area contributed by atoms with Gasteiger partial charge in [0, 0.05) is 24.2 Å². The second-order valence-corrected chi connectivity index (χ2v) is 8.84. The van der Waals surface area contributed by atoms with Gasteiger partial charge in [0.25, 0.3) is 0 Å². The number of rotatable bonds is 5. The van der Waals surface area contributed by atoms with Gasteiger partial charge in [-0.25, -0.2) is 8.42 Å². The first kappa shape index (κ1) is 18.4.